The van der Waals surface area contributed by atoms with E-state index in [1.165, 1.54) is 0 Å². The molecule has 1 aliphatic heterocycles. The molecule has 1 aromatic carbocycles. The van der Waals surface area contributed by atoms with Gasteiger partial charge in [0.05, 0.1) is 12.8 Å². The van der Waals surface area contributed by atoms with Crippen molar-refractivity contribution in [3.8, 4) is 5.75 Å². The number of carbonyl (C=O) groups is 2. The number of fused-ring (bicyclic) bond motifs is 1. The maximum atomic E-state index is 12.2. The Kier molecular flexibility index (Phi) is 4.32. The van der Waals surface area contributed by atoms with Gasteiger partial charge in [0.25, 0.3) is 5.91 Å². The van der Waals surface area contributed by atoms with Crippen molar-refractivity contribution in [2.24, 2.45) is 0 Å². The summed E-state index contributed by atoms with van der Waals surface area (Å²) in [6, 6.07) is 10.4. The summed E-state index contributed by atoms with van der Waals surface area (Å²) in [5, 5.41) is 5.39. The minimum absolute atomic E-state index is 0.273. The van der Waals surface area contributed by atoms with Gasteiger partial charge in [-0.3, -0.25) is 9.59 Å². The number of carbonyl (C=O) groups excluding carboxylic acids is 2. The predicted octanol–water partition coefficient (Wildman–Crippen LogP) is 1.40. The van der Waals surface area contributed by atoms with E-state index in [0.29, 0.717) is 12.2 Å². The molecule has 0 radical (unpaired) electrons. The molecule has 3 rings (SSSR count). The van der Waals surface area contributed by atoms with E-state index in [-0.39, 0.29) is 18.4 Å². The summed E-state index contributed by atoms with van der Waals surface area (Å²) in [4.78, 5) is 24.2. The van der Waals surface area contributed by atoms with Crippen LogP contribution in [0.2, 0.25) is 0 Å². The molecule has 23 heavy (non-hydrogen) atoms. The van der Waals surface area contributed by atoms with E-state index in [0.717, 1.165) is 11.3 Å². The second-order valence-electron chi connectivity index (χ2n) is 5.45. The molecule has 2 atom stereocenters. The largest absolute Gasteiger partial charge is 0.480 e. The summed E-state index contributed by atoms with van der Waals surface area (Å²) in [5.41, 5.74) is 1.00. The van der Waals surface area contributed by atoms with E-state index in [4.69, 9.17) is 9.15 Å². The molecule has 0 fully saturated rings. The molecule has 120 valence electrons. The van der Waals surface area contributed by atoms with Gasteiger partial charge in [0.2, 0.25) is 5.91 Å². The monoisotopic (exact) mass is 314 g/mol. The number of rotatable bonds is 5. The van der Waals surface area contributed by atoms with Gasteiger partial charge < -0.3 is 19.8 Å². The van der Waals surface area contributed by atoms with Crippen LogP contribution in [0.25, 0.3) is 0 Å². The zero-order valence-electron chi connectivity index (χ0n) is 12.7. The lowest BCUT2D eigenvalue weighted by Crippen LogP contribution is -2.48. The number of amides is 2. The Labute approximate surface area is 133 Å². The zero-order valence-corrected chi connectivity index (χ0v) is 12.7. The molecule has 2 aromatic rings. The first kappa shape index (κ1) is 15.1. The molecular formula is C17H18N2O4. The van der Waals surface area contributed by atoms with Crippen molar-refractivity contribution in [3.63, 3.8) is 0 Å². The van der Waals surface area contributed by atoms with Crippen LogP contribution in [0.1, 0.15) is 18.2 Å². The summed E-state index contributed by atoms with van der Waals surface area (Å²) in [7, 11) is 0. The number of para-hydroxylation sites is 1. The number of hydrogen-bond donors (Lipinski definition) is 2. The first-order chi connectivity index (χ1) is 11.1. The van der Waals surface area contributed by atoms with Gasteiger partial charge in [-0.15, -0.1) is 0 Å². The van der Waals surface area contributed by atoms with Crippen LogP contribution in [-0.2, 0) is 22.6 Å². The summed E-state index contributed by atoms with van der Waals surface area (Å²) >= 11 is 0. The minimum Gasteiger partial charge on any atom is -0.480 e. The highest BCUT2D eigenvalue weighted by Gasteiger charge is 2.30. The van der Waals surface area contributed by atoms with Crippen LogP contribution in [0.4, 0.5) is 0 Å². The fourth-order valence-corrected chi connectivity index (χ4v) is 2.44. The zero-order chi connectivity index (χ0) is 16.2. The third kappa shape index (κ3) is 3.53. The molecule has 6 heteroatoms. The number of ether oxygens (including phenoxy) is 1. The molecule has 1 aromatic heterocycles. The van der Waals surface area contributed by atoms with E-state index in [2.05, 4.69) is 10.6 Å². The maximum absolute atomic E-state index is 12.2. The molecule has 0 bridgehead atoms. The van der Waals surface area contributed by atoms with E-state index in [1.54, 1.807) is 25.3 Å². The van der Waals surface area contributed by atoms with Crippen molar-refractivity contribution in [1.29, 1.82) is 0 Å². The molecular weight excluding hydrogens is 296 g/mol. The van der Waals surface area contributed by atoms with E-state index < -0.39 is 12.1 Å². The van der Waals surface area contributed by atoms with Gasteiger partial charge in [0, 0.05) is 6.42 Å². The maximum Gasteiger partial charge on any atom is 0.262 e. The van der Waals surface area contributed by atoms with Gasteiger partial charge in [-0.2, -0.15) is 0 Å². The highest BCUT2D eigenvalue weighted by Crippen LogP contribution is 2.28. The fraction of sp³-hybridized carbons (Fsp3) is 0.294. The third-order valence-corrected chi connectivity index (χ3v) is 3.71. The summed E-state index contributed by atoms with van der Waals surface area (Å²) < 4.78 is 10.7. The van der Waals surface area contributed by atoms with Crippen molar-refractivity contribution in [2.75, 3.05) is 0 Å². The molecule has 0 spiro atoms. The van der Waals surface area contributed by atoms with Gasteiger partial charge in [-0.1, -0.05) is 18.2 Å². The molecule has 0 saturated carbocycles. The molecule has 1 aliphatic rings. The van der Waals surface area contributed by atoms with Crippen molar-refractivity contribution < 1.29 is 18.7 Å². The molecule has 6 nitrogen and oxygen atoms in total. The normalized spacial score (nSPS) is 17.0. The smallest absolute Gasteiger partial charge is 0.262 e. The lowest BCUT2D eigenvalue weighted by molar-refractivity contribution is -0.132. The number of furan rings is 1. The van der Waals surface area contributed by atoms with Crippen LogP contribution in [0, 0.1) is 0 Å². The Balaban J connectivity index is 1.49. The molecule has 0 aliphatic carbocycles. The van der Waals surface area contributed by atoms with Crippen molar-refractivity contribution in [1.82, 2.24) is 10.6 Å². The van der Waals surface area contributed by atoms with E-state index in [9.17, 15) is 9.59 Å². The standard InChI is InChI=1S/C17H18N2O4/c1-11(16(20)18-10-13-6-4-8-22-13)19-17(21)15-9-12-5-2-3-7-14(12)23-15/h2-8,11,15H,9-10H2,1H3,(H,18,20)(H,19,21)/t11-,15-/m1/s1. The Morgan fingerprint density at radius 1 is 1.26 bits per heavy atom. The number of nitrogens with one attached hydrogen (secondary N) is 2. The summed E-state index contributed by atoms with van der Waals surface area (Å²) in [6.07, 6.45) is 1.47. The highest BCUT2D eigenvalue weighted by atomic mass is 16.5. The van der Waals surface area contributed by atoms with Crippen LogP contribution in [0.3, 0.4) is 0 Å². The first-order valence-electron chi connectivity index (χ1n) is 7.48. The molecule has 2 N–H and O–H groups in total. The lowest BCUT2D eigenvalue weighted by atomic mass is 10.1. The SMILES string of the molecule is C[C@@H](NC(=O)[C@H]1Cc2ccccc2O1)C(=O)NCc1ccco1. The fourth-order valence-electron chi connectivity index (χ4n) is 2.44. The van der Waals surface area contributed by atoms with Crippen molar-refractivity contribution in [3.05, 3.63) is 54.0 Å². The van der Waals surface area contributed by atoms with Gasteiger partial charge in [0.1, 0.15) is 17.6 Å². The molecule has 2 heterocycles. The first-order valence-corrected chi connectivity index (χ1v) is 7.48. The summed E-state index contributed by atoms with van der Waals surface area (Å²) in [6.45, 7) is 1.93. The Hall–Kier alpha value is -2.76. The van der Waals surface area contributed by atoms with Crippen LogP contribution in [0.15, 0.2) is 47.1 Å². The molecule has 0 unspecified atom stereocenters. The van der Waals surface area contributed by atoms with Crippen LogP contribution >= 0.6 is 0 Å². The van der Waals surface area contributed by atoms with Crippen LogP contribution in [-0.4, -0.2) is 24.0 Å². The minimum atomic E-state index is -0.648. The Morgan fingerprint density at radius 2 is 2.09 bits per heavy atom. The van der Waals surface area contributed by atoms with Gasteiger partial charge in [0.15, 0.2) is 6.10 Å². The lowest BCUT2D eigenvalue weighted by Gasteiger charge is -2.16. The quantitative estimate of drug-likeness (QED) is 0.874. The highest BCUT2D eigenvalue weighted by molar-refractivity contribution is 5.89. The second kappa shape index (κ2) is 6.56. The molecule has 0 saturated heterocycles. The second-order valence-corrected chi connectivity index (χ2v) is 5.45. The van der Waals surface area contributed by atoms with E-state index >= 15 is 0 Å². The van der Waals surface area contributed by atoms with E-state index in [1.807, 2.05) is 24.3 Å². The average Bonchev–Trinajstić information content (AvgIpc) is 3.21. The molecule has 2 amide bonds. The van der Waals surface area contributed by atoms with Crippen LogP contribution in [0.5, 0.6) is 5.75 Å². The van der Waals surface area contributed by atoms with Gasteiger partial charge in [-0.05, 0) is 30.7 Å². The van der Waals surface area contributed by atoms with Crippen LogP contribution < -0.4 is 15.4 Å². The van der Waals surface area contributed by atoms with Crippen molar-refractivity contribution in [2.45, 2.75) is 32.0 Å². The number of benzene rings is 1. The Bertz CT molecular complexity index is 671. The Morgan fingerprint density at radius 3 is 2.83 bits per heavy atom. The number of hydrogen-bond acceptors (Lipinski definition) is 4. The van der Waals surface area contributed by atoms with Crippen molar-refractivity contribution >= 4 is 11.8 Å². The van der Waals surface area contributed by atoms with Gasteiger partial charge >= 0.3 is 0 Å². The summed E-state index contributed by atoms with van der Waals surface area (Å²) in [5.74, 6) is 0.820. The topological polar surface area (TPSA) is 80.6 Å². The predicted molar refractivity (Wildman–Crippen MR) is 82.7 cm³/mol. The average molecular weight is 314 g/mol. The third-order valence-electron chi connectivity index (χ3n) is 3.71. The van der Waals surface area contributed by atoms with Gasteiger partial charge in [-0.25, -0.2) is 0 Å².